The summed E-state index contributed by atoms with van der Waals surface area (Å²) >= 11 is 1.16. The Balaban J connectivity index is 1.53. The number of fused-ring (bicyclic) bond motifs is 2. The summed E-state index contributed by atoms with van der Waals surface area (Å²) in [7, 11) is 0. The smallest absolute Gasteiger partial charge is 0.247 e. The maximum atomic E-state index is 12.2. The van der Waals surface area contributed by atoms with E-state index >= 15 is 0 Å². The number of aromatic nitrogens is 2. The van der Waals surface area contributed by atoms with Crippen molar-refractivity contribution in [2.45, 2.75) is 13.3 Å². The highest BCUT2D eigenvalue weighted by Crippen LogP contribution is 2.27. The number of nitrogens with one attached hydrogen (secondary N) is 2. The zero-order valence-corrected chi connectivity index (χ0v) is 16.4. The molecule has 0 aliphatic carbocycles. The minimum absolute atomic E-state index is 0.0326. The number of rotatable bonds is 5. The quantitative estimate of drug-likeness (QED) is 0.303. The highest BCUT2D eigenvalue weighted by Gasteiger charge is 2.10. The van der Waals surface area contributed by atoms with Crippen LogP contribution in [0.15, 0.2) is 59.7 Å². The van der Waals surface area contributed by atoms with Gasteiger partial charge in [-0.2, -0.15) is 5.10 Å². The van der Waals surface area contributed by atoms with Gasteiger partial charge in [-0.05, 0) is 27.6 Å². The highest BCUT2D eigenvalue weighted by atomic mass is 32.1. The van der Waals surface area contributed by atoms with Gasteiger partial charge in [0.2, 0.25) is 16.9 Å². The normalized spacial score (nSPS) is 11.2. The minimum Gasteiger partial charge on any atom is -0.301 e. The lowest BCUT2D eigenvalue weighted by Gasteiger charge is -2.07. The first-order valence-corrected chi connectivity index (χ1v) is 9.74. The summed E-state index contributed by atoms with van der Waals surface area (Å²) < 4.78 is 0. The number of carbonyl (C=O) groups excluding carboxylic acids is 2. The first kappa shape index (κ1) is 18.7. The van der Waals surface area contributed by atoms with E-state index in [0.717, 1.165) is 38.4 Å². The second-order valence-corrected chi connectivity index (χ2v) is 7.45. The SMILES string of the molecule is CC(=O)Nc1nnc(CC(=O)N/N=C\c2c3ccccc3cc3ccccc23)s1. The third kappa shape index (κ3) is 4.27. The first-order valence-electron chi connectivity index (χ1n) is 8.92. The third-order valence-electron chi connectivity index (χ3n) is 4.26. The number of nitrogens with zero attached hydrogens (tertiary/aromatic N) is 3. The Labute approximate surface area is 170 Å². The van der Waals surface area contributed by atoms with Gasteiger partial charge >= 0.3 is 0 Å². The Kier molecular flexibility index (Phi) is 5.26. The largest absolute Gasteiger partial charge is 0.301 e. The zero-order valence-electron chi connectivity index (χ0n) is 15.5. The molecule has 8 heteroatoms. The fraction of sp³-hybridized carbons (Fsp3) is 0.0952. The van der Waals surface area contributed by atoms with E-state index < -0.39 is 0 Å². The molecule has 144 valence electrons. The van der Waals surface area contributed by atoms with Crippen molar-refractivity contribution < 1.29 is 9.59 Å². The van der Waals surface area contributed by atoms with Gasteiger partial charge in [-0.3, -0.25) is 9.59 Å². The Hall–Kier alpha value is -3.65. The Morgan fingerprint density at radius 2 is 1.69 bits per heavy atom. The lowest BCUT2D eigenvalue weighted by molar-refractivity contribution is -0.120. The lowest BCUT2D eigenvalue weighted by Crippen LogP contribution is -2.19. The Bertz CT molecular complexity index is 1190. The summed E-state index contributed by atoms with van der Waals surface area (Å²) in [6.07, 6.45) is 1.70. The summed E-state index contributed by atoms with van der Waals surface area (Å²) in [5.74, 6) is -0.541. The van der Waals surface area contributed by atoms with Crippen LogP contribution < -0.4 is 10.7 Å². The highest BCUT2D eigenvalue weighted by molar-refractivity contribution is 7.15. The Morgan fingerprint density at radius 3 is 2.34 bits per heavy atom. The van der Waals surface area contributed by atoms with Gasteiger partial charge in [0.05, 0.1) is 12.6 Å². The van der Waals surface area contributed by atoms with Crippen molar-refractivity contribution in [2.24, 2.45) is 5.10 Å². The monoisotopic (exact) mass is 403 g/mol. The molecule has 0 spiro atoms. The van der Waals surface area contributed by atoms with Crippen molar-refractivity contribution in [3.05, 3.63) is 65.2 Å². The van der Waals surface area contributed by atoms with Gasteiger partial charge in [-0.25, -0.2) is 5.43 Å². The number of hydrogen-bond donors (Lipinski definition) is 2. The molecule has 3 aromatic carbocycles. The van der Waals surface area contributed by atoms with E-state index in [9.17, 15) is 9.59 Å². The van der Waals surface area contributed by atoms with Crippen molar-refractivity contribution in [2.75, 3.05) is 5.32 Å². The molecule has 2 N–H and O–H groups in total. The molecular formula is C21H17N5O2S. The summed E-state index contributed by atoms with van der Waals surface area (Å²) in [6, 6.07) is 18.3. The van der Waals surface area contributed by atoms with E-state index in [2.05, 4.69) is 44.2 Å². The molecule has 4 aromatic rings. The molecular weight excluding hydrogens is 386 g/mol. The van der Waals surface area contributed by atoms with Crippen LogP contribution >= 0.6 is 11.3 Å². The molecule has 7 nitrogen and oxygen atoms in total. The average Bonchev–Trinajstić information content (AvgIpc) is 3.13. The maximum Gasteiger partial charge on any atom is 0.247 e. The van der Waals surface area contributed by atoms with Crippen molar-refractivity contribution in [3.8, 4) is 0 Å². The molecule has 0 radical (unpaired) electrons. The molecule has 1 heterocycles. The summed E-state index contributed by atoms with van der Waals surface area (Å²) in [6.45, 7) is 1.39. The zero-order chi connectivity index (χ0) is 20.2. The van der Waals surface area contributed by atoms with E-state index in [1.807, 2.05) is 36.4 Å². The molecule has 0 unspecified atom stereocenters. The minimum atomic E-state index is -0.309. The number of benzene rings is 3. The van der Waals surface area contributed by atoms with Gasteiger partial charge < -0.3 is 5.32 Å². The number of hydrogen-bond acceptors (Lipinski definition) is 6. The van der Waals surface area contributed by atoms with Crippen LogP contribution in [0.1, 0.15) is 17.5 Å². The van der Waals surface area contributed by atoms with E-state index in [-0.39, 0.29) is 18.2 Å². The maximum absolute atomic E-state index is 12.2. The van der Waals surface area contributed by atoms with Crippen LogP contribution in [0.3, 0.4) is 0 Å². The van der Waals surface area contributed by atoms with Gasteiger partial charge in [-0.1, -0.05) is 59.9 Å². The van der Waals surface area contributed by atoms with Crippen LogP contribution in [-0.4, -0.2) is 28.2 Å². The van der Waals surface area contributed by atoms with Gasteiger partial charge in [-0.15, -0.1) is 10.2 Å². The van der Waals surface area contributed by atoms with Crippen LogP contribution in [0.4, 0.5) is 5.13 Å². The molecule has 0 atom stereocenters. The van der Waals surface area contributed by atoms with Crippen LogP contribution in [0.5, 0.6) is 0 Å². The fourth-order valence-electron chi connectivity index (χ4n) is 3.06. The van der Waals surface area contributed by atoms with E-state index in [4.69, 9.17) is 0 Å². The molecule has 0 fully saturated rings. The van der Waals surface area contributed by atoms with E-state index in [1.54, 1.807) is 6.21 Å². The van der Waals surface area contributed by atoms with Crippen LogP contribution in [0, 0.1) is 0 Å². The lowest BCUT2D eigenvalue weighted by atomic mass is 9.97. The Morgan fingerprint density at radius 1 is 1.03 bits per heavy atom. The average molecular weight is 403 g/mol. The second kappa shape index (κ2) is 8.15. The van der Waals surface area contributed by atoms with E-state index in [0.29, 0.717) is 10.1 Å². The molecule has 2 amide bonds. The third-order valence-corrected chi connectivity index (χ3v) is 5.10. The van der Waals surface area contributed by atoms with Crippen molar-refractivity contribution in [1.29, 1.82) is 0 Å². The molecule has 1 aromatic heterocycles. The van der Waals surface area contributed by atoms with Gasteiger partial charge in [0, 0.05) is 12.5 Å². The van der Waals surface area contributed by atoms with Gasteiger partial charge in [0.15, 0.2) is 0 Å². The first-order chi connectivity index (χ1) is 14.1. The van der Waals surface area contributed by atoms with Gasteiger partial charge in [0.1, 0.15) is 5.01 Å². The number of carbonyl (C=O) groups is 2. The summed E-state index contributed by atoms with van der Waals surface area (Å²) in [4.78, 5) is 23.2. The van der Waals surface area contributed by atoms with Crippen LogP contribution in [-0.2, 0) is 16.0 Å². The van der Waals surface area contributed by atoms with Crippen molar-refractivity contribution in [1.82, 2.24) is 15.6 Å². The molecule has 0 bridgehead atoms. The molecule has 0 saturated carbocycles. The number of anilines is 1. The second-order valence-electron chi connectivity index (χ2n) is 6.38. The topological polar surface area (TPSA) is 96.3 Å². The number of amides is 2. The number of hydrazone groups is 1. The standard InChI is InChI=1S/C21H17N5O2S/c1-13(27)23-21-26-25-20(29-21)11-19(28)24-22-12-18-16-8-4-2-6-14(16)10-15-7-3-5-9-17(15)18/h2-10,12H,11H2,1H3,(H,24,28)(H,23,26,27)/b22-12-. The molecule has 0 aliphatic rings. The predicted octanol–water partition coefficient (Wildman–Crippen LogP) is 3.50. The van der Waals surface area contributed by atoms with Crippen LogP contribution in [0.25, 0.3) is 21.5 Å². The van der Waals surface area contributed by atoms with Crippen LogP contribution in [0.2, 0.25) is 0 Å². The van der Waals surface area contributed by atoms with Crippen molar-refractivity contribution >= 4 is 56.0 Å². The van der Waals surface area contributed by atoms with E-state index in [1.165, 1.54) is 6.92 Å². The fourth-order valence-corrected chi connectivity index (χ4v) is 3.84. The molecule has 0 saturated heterocycles. The summed E-state index contributed by atoms with van der Waals surface area (Å²) in [5, 5.41) is 19.6. The predicted molar refractivity (Wildman–Crippen MR) is 115 cm³/mol. The molecule has 29 heavy (non-hydrogen) atoms. The molecule has 0 aliphatic heterocycles. The molecule has 4 rings (SSSR count). The van der Waals surface area contributed by atoms with Crippen molar-refractivity contribution in [3.63, 3.8) is 0 Å². The van der Waals surface area contributed by atoms with Gasteiger partial charge in [0.25, 0.3) is 0 Å². The summed E-state index contributed by atoms with van der Waals surface area (Å²) in [5.41, 5.74) is 3.49.